The van der Waals surface area contributed by atoms with Gasteiger partial charge in [-0.15, -0.1) is 6.42 Å². The first-order valence-corrected chi connectivity index (χ1v) is 12.3. The molecule has 3 N–H and O–H groups in total. The molecule has 1 fully saturated rings. The van der Waals surface area contributed by atoms with Crippen molar-refractivity contribution < 1.29 is 4.39 Å². The fourth-order valence-electron chi connectivity index (χ4n) is 4.49. The summed E-state index contributed by atoms with van der Waals surface area (Å²) in [6, 6.07) is 9.76. The maximum absolute atomic E-state index is 15.0. The largest absolute Gasteiger partial charge is 0.384 e. The molecule has 1 saturated carbocycles. The summed E-state index contributed by atoms with van der Waals surface area (Å²) in [5, 5.41) is 10.2. The Labute approximate surface area is 204 Å². The summed E-state index contributed by atoms with van der Waals surface area (Å²) in [4.78, 5) is 4.57. The Balaban J connectivity index is 1.79. The summed E-state index contributed by atoms with van der Waals surface area (Å²) in [5.41, 5.74) is 3.69. The van der Waals surface area contributed by atoms with E-state index in [0.717, 1.165) is 43.5 Å². The maximum Gasteiger partial charge on any atom is 0.166 e. The van der Waals surface area contributed by atoms with Crippen molar-refractivity contribution in [3.8, 4) is 12.3 Å². The summed E-state index contributed by atoms with van der Waals surface area (Å²) in [5.74, 6) is 3.27. The van der Waals surface area contributed by atoms with Crippen molar-refractivity contribution in [2.75, 3.05) is 10.6 Å². The summed E-state index contributed by atoms with van der Waals surface area (Å²) in [6.07, 6.45) is 10.7. The van der Waals surface area contributed by atoms with Crippen LogP contribution in [0.3, 0.4) is 0 Å². The number of terminal acetylenes is 1. The van der Waals surface area contributed by atoms with Crippen LogP contribution >= 0.6 is 0 Å². The maximum atomic E-state index is 15.0. The standard InChI is InChI=1S/C29H39FN4/c1-8-21-17-24(30)28(34-27(21)32-23-15-13-22(14-16-23)19(2)3)33-26-12-10-9-11-25(26)31-20(4)18-29(5,6)7/h1,13-17,19,25-26,31H,4,9-12,18H2,2-3,5-7H3,(H2,32,33,34). The number of halogens is 1. The Morgan fingerprint density at radius 2 is 1.79 bits per heavy atom. The lowest BCUT2D eigenvalue weighted by Gasteiger charge is -2.35. The van der Waals surface area contributed by atoms with Gasteiger partial charge in [0, 0.05) is 23.5 Å². The second-order valence-electron chi connectivity index (χ2n) is 10.9. The average molecular weight is 463 g/mol. The summed E-state index contributed by atoms with van der Waals surface area (Å²) in [7, 11) is 0. The van der Waals surface area contributed by atoms with Crippen LogP contribution in [-0.4, -0.2) is 17.1 Å². The smallest absolute Gasteiger partial charge is 0.166 e. The molecule has 0 radical (unpaired) electrons. The molecular weight excluding hydrogens is 423 g/mol. The van der Waals surface area contributed by atoms with Gasteiger partial charge in [0.15, 0.2) is 11.6 Å². The fraction of sp³-hybridized carbons (Fsp3) is 0.483. The monoisotopic (exact) mass is 462 g/mol. The van der Waals surface area contributed by atoms with Gasteiger partial charge in [0.2, 0.25) is 0 Å². The van der Waals surface area contributed by atoms with Crippen LogP contribution in [0.15, 0.2) is 42.6 Å². The van der Waals surface area contributed by atoms with Crippen LogP contribution < -0.4 is 16.0 Å². The lowest BCUT2D eigenvalue weighted by molar-refractivity contribution is 0.338. The highest BCUT2D eigenvalue weighted by Crippen LogP contribution is 2.29. The second-order valence-corrected chi connectivity index (χ2v) is 10.9. The normalized spacial score (nSPS) is 18.3. The van der Waals surface area contributed by atoms with E-state index in [9.17, 15) is 4.39 Å². The van der Waals surface area contributed by atoms with Crippen molar-refractivity contribution in [2.24, 2.45) is 5.41 Å². The van der Waals surface area contributed by atoms with Gasteiger partial charge in [-0.2, -0.15) is 0 Å². The molecule has 0 amide bonds. The van der Waals surface area contributed by atoms with Crippen molar-refractivity contribution in [1.29, 1.82) is 0 Å². The zero-order valence-electron chi connectivity index (χ0n) is 21.3. The number of nitrogens with zero attached hydrogens (tertiary/aromatic N) is 1. The van der Waals surface area contributed by atoms with E-state index in [2.05, 4.69) is 80.2 Å². The molecule has 5 heteroatoms. The number of nitrogens with one attached hydrogen (secondary N) is 3. The minimum absolute atomic E-state index is 0.0577. The third-order valence-corrected chi connectivity index (χ3v) is 6.19. The molecule has 0 saturated heterocycles. The Kier molecular flexibility index (Phi) is 8.25. The fourth-order valence-corrected chi connectivity index (χ4v) is 4.49. The van der Waals surface area contributed by atoms with Crippen LogP contribution in [0.5, 0.6) is 0 Å². The van der Waals surface area contributed by atoms with Crippen molar-refractivity contribution in [3.63, 3.8) is 0 Å². The molecule has 182 valence electrons. The van der Waals surface area contributed by atoms with Gasteiger partial charge in [0.1, 0.15) is 5.82 Å². The number of pyridine rings is 1. The van der Waals surface area contributed by atoms with Gasteiger partial charge < -0.3 is 16.0 Å². The van der Waals surface area contributed by atoms with Crippen LogP contribution in [0.25, 0.3) is 0 Å². The lowest BCUT2D eigenvalue weighted by atomic mass is 9.87. The van der Waals surface area contributed by atoms with Crippen LogP contribution in [0, 0.1) is 23.6 Å². The second kappa shape index (κ2) is 11.0. The Morgan fingerprint density at radius 3 is 2.38 bits per heavy atom. The zero-order valence-corrected chi connectivity index (χ0v) is 21.3. The first-order valence-electron chi connectivity index (χ1n) is 12.3. The van der Waals surface area contributed by atoms with Gasteiger partial charge in [-0.3, -0.25) is 0 Å². The zero-order chi connectivity index (χ0) is 24.9. The predicted molar refractivity (Wildman–Crippen MR) is 142 cm³/mol. The molecular formula is C29H39FN4. The van der Waals surface area contributed by atoms with E-state index in [4.69, 9.17) is 6.42 Å². The lowest BCUT2D eigenvalue weighted by Crippen LogP contribution is -2.46. The Bertz CT molecular complexity index is 1030. The minimum atomic E-state index is -0.438. The molecule has 1 aromatic carbocycles. The average Bonchev–Trinajstić information content (AvgIpc) is 2.76. The molecule has 1 aliphatic rings. The summed E-state index contributed by atoms with van der Waals surface area (Å²) >= 11 is 0. The minimum Gasteiger partial charge on any atom is -0.384 e. The molecule has 1 aromatic heterocycles. The molecule has 2 aromatic rings. The quantitative estimate of drug-likeness (QED) is 0.359. The highest BCUT2D eigenvalue weighted by Gasteiger charge is 2.27. The van der Waals surface area contributed by atoms with Crippen LogP contribution in [0.4, 0.5) is 21.7 Å². The highest BCUT2D eigenvalue weighted by atomic mass is 19.1. The van der Waals surface area contributed by atoms with E-state index in [1.807, 2.05) is 12.1 Å². The number of hydrogen-bond acceptors (Lipinski definition) is 4. The van der Waals surface area contributed by atoms with E-state index in [1.165, 1.54) is 11.6 Å². The first-order chi connectivity index (χ1) is 16.1. The number of benzene rings is 1. The number of allylic oxidation sites excluding steroid dienone is 1. The van der Waals surface area contributed by atoms with E-state index in [1.54, 1.807) is 0 Å². The predicted octanol–water partition coefficient (Wildman–Crippen LogP) is 7.33. The molecule has 2 unspecified atom stereocenters. The van der Waals surface area contributed by atoms with E-state index in [0.29, 0.717) is 17.3 Å². The van der Waals surface area contributed by atoms with Gasteiger partial charge >= 0.3 is 0 Å². The third kappa shape index (κ3) is 7.00. The number of anilines is 3. The molecule has 34 heavy (non-hydrogen) atoms. The summed E-state index contributed by atoms with van der Waals surface area (Å²) < 4.78 is 15.0. The van der Waals surface area contributed by atoms with Crippen molar-refractivity contribution in [3.05, 3.63) is 59.6 Å². The molecule has 0 bridgehead atoms. The highest BCUT2D eigenvalue weighted by molar-refractivity contribution is 5.66. The summed E-state index contributed by atoms with van der Waals surface area (Å²) in [6.45, 7) is 15.2. The van der Waals surface area contributed by atoms with Crippen molar-refractivity contribution in [1.82, 2.24) is 10.3 Å². The van der Waals surface area contributed by atoms with Gasteiger partial charge in [0.25, 0.3) is 0 Å². The molecule has 1 aliphatic carbocycles. The van der Waals surface area contributed by atoms with Crippen molar-refractivity contribution >= 4 is 17.3 Å². The number of rotatable bonds is 8. The first kappa shape index (κ1) is 25.6. The third-order valence-electron chi connectivity index (χ3n) is 6.19. The molecule has 2 atom stereocenters. The Hall–Kier alpha value is -3.00. The SMILES string of the molecule is C#Cc1cc(F)c(NC2CCCCC2NC(=C)CC(C)(C)C)nc1Nc1ccc(C(C)C)cc1. The molecule has 0 aliphatic heterocycles. The van der Waals surface area contributed by atoms with Gasteiger partial charge in [-0.25, -0.2) is 9.37 Å². The number of hydrogen-bond donors (Lipinski definition) is 3. The van der Waals surface area contributed by atoms with E-state index < -0.39 is 5.82 Å². The van der Waals surface area contributed by atoms with Gasteiger partial charge in [-0.1, -0.05) is 72.1 Å². The molecule has 0 spiro atoms. The molecule has 4 nitrogen and oxygen atoms in total. The van der Waals surface area contributed by atoms with Gasteiger partial charge in [-0.05, 0) is 54.4 Å². The van der Waals surface area contributed by atoms with Crippen LogP contribution in [0.2, 0.25) is 0 Å². The molecule has 1 heterocycles. The Morgan fingerprint density at radius 1 is 1.15 bits per heavy atom. The van der Waals surface area contributed by atoms with E-state index >= 15 is 0 Å². The molecule has 3 rings (SSSR count). The van der Waals surface area contributed by atoms with Crippen molar-refractivity contribution in [2.45, 2.75) is 84.7 Å². The van der Waals surface area contributed by atoms with Gasteiger partial charge in [0.05, 0.1) is 5.56 Å². The number of aromatic nitrogens is 1. The van der Waals surface area contributed by atoms with Crippen LogP contribution in [0.1, 0.15) is 83.8 Å². The topological polar surface area (TPSA) is 49.0 Å². The van der Waals surface area contributed by atoms with Crippen LogP contribution in [-0.2, 0) is 0 Å². The van der Waals surface area contributed by atoms with E-state index in [-0.39, 0.29) is 23.3 Å².